The van der Waals surface area contributed by atoms with Gasteiger partial charge in [0.25, 0.3) is 5.56 Å². The quantitative estimate of drug-likeness (QED) is 0.578. The van der Waals surface area contributed by atoms with Crippen molar-refractivity contribution in [1.29, 1.82) is 0 Å². The molecule has 3 aromatic rings. The number of rotatable bonds is 0. The molecule has 1 saturated heterocycles. The van der Waals surface area contributed by atoms with Crippen LogP contribution in [0.15, 0.2) is 53.3 Å². The molecule has 0 N–H and O–H groups in total. The minimum atomic E-state index is -1.10. The Labute approximate surface area is 172 Å². The predicted octanol–water partition coefficient (Wildman–Crippen LogP) is 1.94. The molecule has 0 aliphatic carbocycles. The van der Waals surface area contributed by atoms with Gasteiger partial charge in [-0.2, -0.15) is 0 Å². The summed E-state index contributed by atoms with van der Waals surface area (Å²) in [6.07, 6.45) is 0.250. The van der Waals surface area contributed by atoms with Gasteiger partial charge in [-0.25, -0.2) is 4.98 Å². The lowest BCUT2D eigenvalue weighted by Gasteiger charge is -2.59. The Morgan fingerprint density at radius 2 is 1.70 bits per heavy atom. The zero-order valence-corrected chi connectivity index (χ0v) is 16.9. The maximum atomic E-state index is 13.8. The van der Waals surface area contributed by atoms with Gasteiger partial charge in [-0.3, -0.25) is 19.0 Å². The van der Waals surface area contributed by atoms with Crippen LogP contribution in [-0.4, -0.2) is 40.4 Å². The van der Waals surface area contributed by atoms with Crippen LogP contribution in [0.25, 0.3) is 10.9 Å². The normalized spacial score (nSPS) is 29.1. The Morgan fingerprint density at radius 1 is 1.00 bits per heavy atom. The summed E-state index contributed by atoms with van der Waals surface area (Å²) >= 11 is 0. The first kappa shape index (κ1) is 17.4. The van der Waals surface area contributed by atoms with Crippen molar-refractivity contribution in [3.63, 3.8) is 0 Å². The number of nitrogens with zero attached hydrogens (tertiary/aromatic N) is 4. The van der Waals surface area contributed by atoms with Gasteiger partial charge in [-0.1, -0.05) is 30.3 Å². The number of amides is 2. The third-order valence-corrected chi connectivity index (χ3v) is 7.57. The van der Waals surface area contributed by atoms with Gasteiger partial charge in [0.05, 0.1) is 10.9 Å². The van der Waals surface area contributed by atoms with Crippen LogP contribution < -0.4 is 10.5 Å². The van der Waals surface area contributed by atoms with E-state index in [1.165, 1.54) is 4.57 Å². The highest BCUT2D eigenvalue weighted by Gasteiger charge is 2.72. The molecule has 7 heteroatoms. The lowest BCUT2D eigenvalue weighted by atomic mass is 9.57. The summed E-state index contributed by atoms with van der Waals surface area (Å²) in [6, 6.07) is 14.1. The van der Waals surface area contributed by atoms with Crippen molar-refractivity contribution >= 4 is 28.4 Å². The van der Waals surface area contributed by atoms with Crippen molar-refractivity contribution in [3.8, 4) is 0 Å². The largest absolute Gasteiger partial charge is 0.330 e. The van der Waals surface area contributed by atoms with Crippen molar-refractivity contribution in [1.82, 2.24) is 14.5 Å². The van der Waals surface area contributed by atoms with E-state index in [2.05, 4.69) is 0 Å². The van der Waals surface area contributed by atoms with Crippen LogP contribution in [0, 0.1) is 0 Å². The van der Waals surface area contributed by atoms with Gasteiger partial charge < -0.3 is 9.80 Å². The van der Waals surface area contributed by atoms with Gasteiger partial charge in [0, 0.05) is 19.8 Å². The predicted molar refractivity (Wildman–Crippen MR) is 111 cm³/mol. The molecule has 150 valence electrons. The summed E-state index contributed by atoms with van der Waals surface area (Å²) in [5.74, 6) is 0.252. The molecular weight excluding hydrogens is 380 g/mol. The van der Waals surface area contributed by atoms with E-state index < -0.39 is 17.0 Å². The summed E-state index contributed by atoms with van der Waals surface area (Å²) in [5.41, 5.74) is -0.0151. The molecule has 0 radical (unpaired) electrons. The topological polar surface area (TPSA) is 75.5 Å². The molecule has 0 saturated carbocycles. The Morgan fingerprint density at radius 3 is 2.50 bits per heavy atom. The summed E-state index contributed by atoms with van der Waals surface area (Å²) in [5, 5.41) is 0.483. The van der Waals surface area contributed by atoms with E-state index in [9.17, 15) is 14.4 Å². The molecular formula is C23H20N4O3. The van der Waals surface area contributed by atoms with Gasteiger partial charge in [0.2, 0.25) is 11.8 Å². The fourth-order valence-corrected chi connectivity index (χ4v) is 5.93. The standard InChI is InChI=1S/C23H20N4O3/c1-22-20-24-15-10-6-4-8-13(15)18(28)27(20)17(19(29)26(22)3)12-23(22)14-9-5-7-11-16(14)25(2)21(23)30/h4-11,17H,12H2,1-3H3/t17-,22-,23-/m0/s1. The fraction of sp³-hybridized carbons (Fsp3) is 0.304. The number of benzene rings is 2. The van der Waals surface area contributed by atoms with Gasteiger partial charge >= 0.3 is 0 Å². The number of piperidine rings is 1. The SMILES string of the molecule is CN1C(=O)[C@]2(C[C@H]3C(=O)N(C)[C@@]2(C)c2nc4ccccc4c(=O)n23)c2ccccc21. The summed E-state index contributed by atoms with van der Waals surface area (Å²) in [7, 11) is 3.49. The Balaban J connectivity index is 1.78. The van der Waals surface area contributed by atoms with E-state index in [1.807, 2.05) is 37.3 Å². The van der Waals surface area contributed by atoms with Crippen molar-refractivity contribution in [3.05, 3.63) is 70.3 Å². The second kappa shape index (κ2) is 5.16. The number of carbonyl (C=O) groups is 2. The second-order valence-electron chi connectivity index (χ2n) is 8.60. The van der Waals surface area contributed by atoms with Gasteiger partial charge in [-0.05, 0) is 37.1 Å². The number of likely N-dealkylation sites (N-methyl/N-ethyl adjacent to an activating group) is 2. The molecule has 1 fully saturated rings. The van der Waals surface area contributed by atoms with Gasteiger partial charge in [0.15, 0.2) is 0 Å². The molecule has 2 aromatic carbocycles. The van der Waals surface area contributed by atoms with E-state index in [0.29, 0.717) is 16.7 Å². The molecule has 1 spiro atoms. The maximum absolute atomic E-state index is 13.8. The number of carbonyl (C=O) groups excluding carboxylic acids is 2. The zero-order chi connectivity index (χ0) is 21.0. The first-order valence-electron chi connectivity index (χ1n) is 10.0. The second-order valence-corrected chi connectivity index (χ2v) is 8.60. The molecule has 3 atom stereocenters. The summed E-state index contributed by atoms with van der Waals surface area (Å²) < 4.78 is 1.53. The molecule has 7 nitrogen and oxygen atoms in total. The van der Waals surface area contributed by atoms with Crippen molar-refractivity contribution in [2.45, 2.75) is 30.3 Å². The molecule has 4 aliphatic heterocycles. The Hall–Kier alpha value is -3.48. The summed E-state index contributed by atoms with van der Waals surface area (Å²) in [6.45, 7) is 1.88. The molecule has 0 unspecified atom stereocenters. The smallest absolute Gasteiger partial charge is 0.262 e. The molecule has 2 bridgehead atoms. The van der Waals surface area contributed by atoms with E-state index in [1.54, 1.807) is 42.1 Å². The van der Waals surface area contributed by atoms with Crippen LogP contribution in [0.1, 0.15) is 30.8 Å². The zero-order valence-electron chi connectivity index (χ0n) is 16.9. The highest BCUT2D eigenvalue weighted by atomic mass is 16.2. The van der Waals surface area contributed by atoms with Gasteiger partial charge in [-0.15, -0.1) is 0 Å². The lowest BCUT2D eigenvalue weighted by Crippen LogP contribution is -2.73. The van der Waals surface area contributed by atoms with Crippen LogP contribution in [0.5, 0.6) is 0 Å². The molecule has 4 aliphatic rings. The van der Waals surface area contributed by atoms with Crippen molar-refractivity contribution in [2.75, 3.05) is 19.0 Å². The monoisotopic (exact) mass is 400 g/mol. The number of hydrogen-bond acceptors (Lipinski definition) is 4. The molecule has 5 heterocycles. The van der Waals surface area contributed by atoms with Gasteiger partial charge in [0.1, 0.15) is 22.8 Å². The highest BCUT2D eigenvalue weighted by molar-refractivity contribution is 6.10. The highest BCUT2D eigenvalue weighted by Crippen LogP contribution is 2.62. The third-order valence-electron chi connectivity index (χ3n) is 7.57. The molecule has 1 aromatic heterocycles. The van der Waals surface area contributed by atoms with Crippen molar-refractivity contribution < 1.29 is 9.59 Å². The average Bonchev–Trinajstić information content (AvgIpc) is 2.97. The first-order chi connectivity index (χ1) is 14.3. The fourth-order valence-electron chi connectivity index (χ4n) is 5.93. The Bertz CT molecular complexity index is 1360. The van der Waals surface area contributed by atoms with Crippen LogP contribution >= 0.6 is 0 Å². The van der Waals surface area contributed by atoms with Crippen LogP contribution in [0.2, 0.25) is 0 Å². The van der Waals surface area contributed by atoms with E-state index >= 15 is 0 Å². The van der Waals surface area contributed by atoms with Crippen LogP contribution in [0.3, 0.4) is 0 Å². The molecule has 30 heavy (non-hydrogen) atoms. The number of fused-ring (bicyclic) bond motifs is 3. The minimum absolute atomic E-state index is 0.0655. The number of hydrogen-bond donors (Lipinski definition) is 0. The molecule has 2 amide bonds. The first-order valence-corrected chi connectivity index (χ1v) is 10.0. The lowest BCUT2D eigenvalue weighted by molar-refractivity contribution is -0.163. The van der Waals surface area contributed by atoms with E-state index in [-0.39, 0.29) is 23.8 Å². The third kappa shape index (κ3) is 1.58. The minimum Gasteiger partial charge on any atom is -0.330 e. The maximum Gasteiger partial charge on any atom is 0.262 e. The number of para-hydroxylation sites is 2. The van der Waals surface area contributed by atoms with Crippen molar-refractivity contribution in [2.24, 2.45) is 0 Å². The van der Waals surface area contributed by atoms with Crippen LogP contribution in [-0.2, 0) is 20.5 Å². The van der Waals surface area contributed by atoms with E-state index in [0.717, 1.165) is 11.3 Å². The Kier molecular flexibility index (Phi) is 2.99. The van der Waals surface area contributed by atoms with Crippen LogP contribution in [0.4, 0.5) is 5.69 Å². The van der Waals surface area contributed by atoms with E-state index in [4.69, 9.17) is 4.98 Å². The molecule has 7 rings (SSSR count). The number of anilines is 1. The average molecular weight is 400 g/mol. The number of aromatic nitrogens is 2. The summed E-state index contributed by atoms with van der Waals surface area (Å²) in [4.78, 5) is 48.7.